The second-order valence-corrected chi connectivity index (χ2v) is 6.21. The molecule has 0 bridgehead atoms. The van der Waals surface area contributed by atoms with Gasteiger partial charge < -0.3 is 10.1 Å². The normalized spacial score (nSPS) is 19.8. The van der Waals surface area contributed by atoms with E-state index in [4.69, 9.17) is 27.9 Å². The molecule has 1 unspecified atom stereocenters. The van der Waals surface area contributed by atoms with Gasteiger partial charge in [-0.3, -0.25) is 0 Å². The van der Waals surface area contributed by atoms with Crippen LogP contribution in [-0.4, -0.2) is 19.3 Å². The van der Waals surface area contributed by atoms with Crippen molar-refractivity contribution in [1.82, 2.24) is 5.32 Å². The van der Waals surface area contributed by atoms with Crippen LogP contribution in [0.3, 0.4) is 0 Å². The number of likely N-dealkylation sites (N-methyl/N-ethyl adjacent to an activating group) is 1. The molecule has 0 spiro atoms. The highest BCUT2D eigenvalue weighted by Crippen LogP contribution is 2.44. The maximum absolute atomic E-state index is 6.42. The summed E-state index contributed by atoms with van der Waals surface area (Å²) in [6, 6.07) is 5.91. The van der Waals surface area contributed by atoms with E-state index in [1.807, 2.05) is 25.2 Å². The quantitative estimate of drug-likeness (QED) is 0.826. The smallest absolute Gasteiger partial charge is 0.0876 e. The SMILES string of the molecule is CCOC1(C(NC)c2cccc(Cl)c2Cl)CCCCC1. The van der Waals surface area contributed by atoms with E-state index >= 15 is 0 Å². The van der Waals surface area contributed by atoms with Gasteiger partial charge in [0.15, 0.2) is 0 Å². The lowest BCUT2D eigenvalue weighted by Crippen LogP contribution is -2.46. The molecule has 1 aliphatic carbocycles. The van der Waals surface area contributed by atoms with Gasteiger partial charge >= 0.3 is 0 Å². The molecule has 1 aromatic carbocycles. The highest BCUT2D eigenvalue weighted by molar-refractivity contribution is 6.42. The summed E-state index contributed by atoms with van der Waals surface area (Å²) >= 11 is 12.6. The van der Waals surface area contributed by atoms with E-state index in [0.717, 1.165) is 25.0 Å². The molecule has 0 saturated heterocycles. The largest absolute Gasteiger partial charge is 0.373 e. The molecular weight excluding hydrogens is 293 g/mol. The summed E-state index contributed by atoms with van der Waals surface area (Å²) in [6.45, 7) is 2.78. The first kappa shape index (κ1) is 16.1. The Kier molecular flexibility index (Phi) is 5.74. The van der Waals surface area contributed by atoms with Crippen LogP contribution in [0.1, 0.15) is 50.6 Å². The maximum Gasteiger partial charge on any atom is 0.0876 e. The van der Waals surface area contributed by atoms with Crippen molar-refractivity contribution in [1.29, 1.82) is 0 Å². The van der Waals surface area contributed by atoms with Gasteiger partial charge in [-0.05, 0) is 38.4 Å². The third-order valence-corrected chi connectivity index (χ3v) is 5.07. The molecule has 0 aliphatic heterocycles. The lowest BCUT2D eigenvalue weighted by Gasteiger charge is -2.43. The molecule has 112 valence electrons. The fraction of sp³-hybridized carbons (Fsp3) is 0.625. The van der Waals surface area contributed by atoms with Gasteiger partial charge in [0.2, 0.25) is 0 Å². The molecule has 4 heteroatoms. The second-order valence-electron chi connectivity index (χ2n) is 5.42. The Balaban J connectivity index is 2.39. The van der Waals surface area contributed by atoms with Gasteiger partial charge in [0.1, 0.15) is 0 Å². The Morgan fingerprint density at radius 3 is 2.55 bits per heavy atom. The number of hydrogen-bond acceptors (Lipinski definition) is 2. The van der Waals surface area contributed by atoms with Crippen LogP contribution in [0.25, 0.3) is 0 Å². The average Bonchev–Trinajstić information content (AvgIpc) is 2.45. The lowest BCUT2D eigenvalue weighted by atomic mass is 9.76. The van der Waals surface area contributed by atoms with E-state index in [1.165, 1.54) is 19.3 Å². The van der Waals surface area contributed by atoms with E-state index < -0.39 is 0 Å². The van der Waals surface area contributed by atoms with Gasteiger partial charge in [0.25, 0.3) is 0 Å². The highest BCUT2D eigenvalue weighted by Gasteiger charge is 2.41. The van der Waals surface area contributed by atoms with Crippen LogP contribution in [0.5, 0.6) is 0 Å². The minimum atomic E-state index is -0.171. The Morgan fingerprint density at radius 1 is 1.25 bits per heavy atom. The standard InChI is InChI=1S/C16H23Cl2NO/c1-3-20-16(10-5-4-6-11-16)15(19-2)12-8-7-9-13(17)14(12)18/h7-9,15,19H,3-6,10-11H2,1-2H3. The summed E-state index contributed by atoms with van der Waals surface area (Å²) in [5.74, 6) is 0. The molecule has 1 aromatic rings. The van der Waals surface area contributed by atoms with Crippen molar-refractivity contribution in [3.05, 3.63) is 33.8 Å². The van der Waals surface area contributed by atoms with Crippen molar-refractivity contribution in [2.24, 2.45) is 0 Å². The zero-order valence-corrected chi connectivity index (χ0v) is 13.7. The van der Waals surface area contributed by atoms with E-state index in [2.05, 4.69) is 12.2 Å². The molecule has 1 N–H and O–H groups in total. The van der Waals surface area contributed by atoms with Gasteiger partial charge in [0, 0.05) is 6.61 Å². The Labute approximate surface area is 131 Å². The topological polar surface area (TPSA) is 21.3 Å². The van der Waals surface area contributed by atoms with E-state index in [0.29, 0.717) is 10.0 Å². The third-order valence-electron chi connectivity index (χ3n) is 4.24. The summed E-state index contributed by atoms with van der Waals surface area (Å²) in [5, 5.41) is 4.65. The monoisotopic (exact) mass is 315 g/mol. The van der Waals surface area contributed by atoms with Crippen LogP contribution in [0.2, 0.25) is 10.0 Å². The fourth-order valence-corrected chi connectivity index (χ4v) is 3.82. The Hall–Kier alpha value is -0.280. The lowest BCUT2D eigenvalue weighted by molar-refractivity contribution is -0.0898. The fourth-order valence-electron chi connectivity index (χ4n) is 3.40. The van der Waals surface area contributed by atoms with Gasteiger partial charge in [-0.25, -0.2) is 0 Å². The zero-order valence-electron chi connectivity index (χ0n) is 12.2. The van der Waals surface area contributed by atoms with Gasteiger partial charge in [-0.1, -0.05) is 54.6 Å². The van der Waals surface area contributed by atoms with Gasteiger partial charge in [0.05, 0.1) is 21.7 Å². The summed E-state index contributed by atoms with van der Waals surface area (Å²) in [5.41, 5.74) is 0.868. The van der Waals surface area contributed by atoms with Crippen LogP contribution in [0.15, 0.2) is 18.2 Å². The minimum absolute atomic E-state index is 0.0777. The molecule has 1 fully saturated rings. The molecule has 0 aromatic heterocycles. The molecule has 2 rings (SSSR count). The van der Waals surface area contributed by atoms with Crippen LogP contribution in [-0.2, 0) is 4.74 Å². The molecule has 1 atom stereocenters. The van der Waals surface area contributed by atoms with Gasteiger partial charge in [-0.15, -0.1) is 0 Å². The van der Waals surface area contributed by atoms with E-state index in [-0.39, 0.29) is 11.6 Å². The molecule has 1 aliphatic rings. The van der Waals surface area contributed by atoms with Crippen molar-refractivity contribution in [3.63, 3.8) is 0 Å². The van der Waals surface area contributed by atoms with Crippen LogP contribution in [0.4, 0.5) is 0 Å². The predicted octanol–water partition coefficient (Wildman–Crippen LogP) is 4.99. The average molecular weight is 316 g/mol. The maximum atomic E-state index is 6.42. The van der Waals surface area contributed by atoms with E-state index in [1.54, 1.807) is 0 Å². The van der Waals surface area contributed by atoms with Crippen molar-refractivity contribution >= 4 is 23.2 Å². The van der Waals surface area contributed by atoms with Crippen molar-refractivity contribution in [2.45, 2.75) is 50.7 Å². The van der Waals surface area contributed by atoms with Gasteiger partial charge in [-0.2, -0.15) is 0 Å². The van der Waals surface area contributed by atoms with E-state index in [9.17, 15) is 0 Å². The number of nitrogens with one attached hydrogen (secondary N) is 1. The molecular formula is C16H23Cl2NO. The van der Waals surface area contributed by atoms with Crippen molar-refractivity contribution < 1.29 is 4.74 Å². The molecule has 1 saturated carbocycles. The summed E-state index contributed by atoms with van der Waals surface area (Å²) in [4.78, 5) is 0. The van der Waals surface area contributed by atoms with Crippen LogP contribution >= 0.6 is 23.2 Å². The first-order valence-corrected chi connectivity index (χ1v) is 8.15. The number of ether oxygens (including phenoxy) is 1. The van der Waals surface area contributed by atoms with Crippen LogP contribution < -0.4 is 5.32 Å². The Morgan fingerprint density at radius 2 is 1.95 bits per heavy atom. The number of halogens is 2. The third kappa shape index (κ3) is 3.14. The van der Waals surface area contributed by atoms with Crippen molar-refractivity contribution in [3.8, 4) is 0 Å². The first-order valence-electron chi connectivity index (χ1n) is 7.40. The number of benzene rings is 1. The summed E-state index contributed by atoms with van der Waals surface area (Å²) in [6.07, 6.45) is 5.83. The Bertz CT molecular complexity index is 439. The van der Waals surface area contributed by atoms with Crippen LogP contribution in [0, 0.1) is 0 Å². The molecule has 20 heavy (non-hydrogen) atoms. The summed E-state index contributed by atoms with van der Waals surface area (Å²) < 4.78 is 6.21. The zero-order chi connectivity index (χ0) is 14.6. The van der Waals surface area contributed by atoms with Crippen molar-refractivity contribution in [2.75, 3.05) is 13.7 Å². The first-order chi connectivity index (χ1) is 9.64. The molecule has 0 radical (unpaired) electrons. The molecule has 0 heterocycles. The summed E-state index contributed by atoms with van der Waals surface area (Å²) in [7, 11) is 1.97. The second kappa shape index (κ2) is 7.13. The highest BCUT2D eigenvalue weighted by atomic mass is 35.5. The number of rotatable bonds is 5. The minimum Gasteiger partial charge on any atom is -0.373 e. The molecule has 2 nitrogen and oxygen atoms in total. The molecule has 0 amide bonds. The predicted molar refractivity (Wildman–Crippen MR) is 85.7 cm³/mol. The number of hydrogen-bond donors (Lipinski definition) is 1.